The Morgan fingerprint density at radius 3 is 2.67 bits per heavy atom. The van der Waals surface area contributed by atoms with Gasteiger partial charge in [-0.25, -0.2) is 4.79 Å². The number of carbonyl (C=O) groups is 2. The van der Waals surface area contributed by atoms with E-state index in [1.165, 1.54) is 0 Å². The maximum absolute atomic E-state index is 11.8. The van der Waals surface area contributed by atoms with Gasteiger partial charge in [-0.05, 0) is 43.7 Å². The first-order valence-electron chi connectivity index (χ1n) is 7.31. The quantitative estimate of drug-likeness (QED) is 0.768. The minimum Gasteiger partial charge on any atom is -0.481 e. The SMILES string of the molecule is O=C(NCCc1cccnc1)NC1CCC(C(=O)O)CC1. The number of hydrogen-bond acceptors (Lipinski definition) is 3. The highest BCUT2D eigenvalue weighted by Gasteiger charge is 2.26. The molecule has 1 heterocycles. The molecule has 0 spiro atoms. The van der Waals surface area contributed by atoms with Crippen molar-refractivity contribution in [3.05, 3.63) is 30.1 Å². The minimum absolute atomic E-state index is 0.0824. The van der Waals surface area contributed by atoms with Crippen molar-refractivity contribution in [2.45, 2.75) is 38.1 Å². The number of amides is 2. The van der Waals surface area contributed by atoms with Crippen LogP contribution in [0.2, 0.25) is 0 Å². The van der Waals surface area contributed by atoms with Gasteiger partial charge < -0.3 is 15.7 Å². The summed E-state index contributed by atoms with van der Waals surface area (Å²) in [6.07, 6.45) is 6.97. The van der Waals surface area contributed by atoms with E-state index >= 15 is 0 Å². The molecule has 21 heavy (non-hydrogen) atoms. The van der Waals surface area contributed by atoms with Gasteiger partial charge in [0.15, 0.2) is 0 Å². The molecule has 3 N–H and O–H groups in total. The number of carboxylic acids is 1. The second-order valence-corrected chi connectivity index (χ2v) is 5.40. The lowest BCUT2D eigenvalue weighted by Crippen LogP contribution is -2.44. The van der Waals surface area contributed by atoms with E-state index in [-0.39, 0.29) is 18.0 Å². The second-order valence-electron chi connectivity index (χ2n) is 5.40. The smallest absolute Gasteiger partial charge is 0.315 e. The summed E-state index contributed by atoms with van der Waals surface area (Å²) in [5.74, 6) is -0.980. The Balaban J connectivity index is 1.63. The fourth-order valence-corrected chi connectivity index (χ4v) is 2.59. The highest BCUT2D eigenvalue weighted by atomic mass is 16.4. The fraction of sp³-hybridized carbons (Fsp3) is 0.533. The average molecular weight is 291 g/mol. The molecule has 1 aliphatic rings. The predicted octanol–water partition coefficient (Wildman–Crippen LogP) is 1.57. The van der Waals surface area contributed by atoms with Crippen LogP contribution in [-0.2, 0) is 11.2 Å². The number of pyridine rings is 1. The number of aliphatic carboxylic acids is 1. The molecule has 6 nitrogen and oxygen atoms in total. The molecule has 1 aliphatic carbocycles. The Labute approximate surface area is 124 Å². The van der Waals surface area contributed by atoms with Crippen molar-refractivity contribution in [2.24, 2.45) is 5.92 Å². The number of carbonyl (C=O) groups excluding carboxylic acids is 1. The van der Waals surface area contributed by atoms with E-state index in [0.29, 0.717) is 19.4 Å². The second kappa shape index (κ2) is 7.61. The summed E-state index contributed by atoms with van der Waals surface area (Å²) >= 11 is 0. The maximum Gasteiger partial charge on any atom is 0.315 e. The van der Waals surface area contributed by atoms with E-state index in [2.05, 4.69) is 15.6 Å². The van der Waals surface area contributed by atoms with Crippen molar-refractivity contribution in [3.63, 3.8) is 0 Å². The van der Waals surface area contributed by atoms with Crippen LogP contribution in [0, 0.1) is 5.92 Å². The summed E-state index contributed by atoms with van der Waals surface area (Å²) in [4.78, 5) is 26.6. The standard InChI is InChI=1S/C15H21N3O3/c19-14(20)12-3-5-13(6-4-12)18-15(21)17-9-7-11-2-1-8-16-10-11/h1-2,8,10,12-13H,3-7,9H2,(H,19,20)(H2,17,18,21). The summed E-state index contributed by atoms with van der Waals surface area (Å²) in [6, 6.07) is 3.74. The summed E-state index contributed by atoms with van der Waals surface area (Å²) in [5.41, 5.74) is 1.08. The molecule has 0 radical (unpaired) electrons. The Bertz CT molecular complexity index is 470. The van der Waals surface area contributed by atoms with Gasteiger partial charge in [-0.1, -0.05) is 6.07 Å². The molecule has 1 saturated carbocycles. The molecule has 1 aromatic rings. The van der Waals surface area contributed by atoms with Crippen molar-refractivity contribution >= 4 is 12.0 Å². The number of aromatic nitrogens is 1. The van der Waals surface area contributed by atoms with Crippen LogP contribution in [0.3, 0.4) is 0 Å². The van der Waals surface area contributed by atoms with E-state index in [1.54, 1.807) is 12.4 Å². The molecule has 0 aromatic carbocycles. The van der Waals surface area contributed by atoms with Crippen LogP contribution in [0.1, 0.15) is 31.2 Å². The lowest BCUT2D eigenvalue weighted by molar-refractivity contribution is -0.142. The molecular formula is C15H21N3O3. The normalized spacial score (nSPS) is 21.5. The summed E-state index contributed by atoms with van der Waals surface area (Å²) in [5, 5.41) is 14.7. The van der Waals surface area contributed by atoms with E-state index in [1.807, 2.05) is 12.1 Å². The lowest BCUT2D eigenvalue weighted by atomic mass is 9.86. The van der Waals surface area contributed by atoms with Gasteiger partial charge >= 0.3 is 12.0 Å². The van der Waals surface area contributed by atoms with Gasteiger partial charge in [0.2, 0.25) is 0 Å². The molecule has 2 amide bonds. The zero-order chi connectivity index (χ0) is 15.1. The first-order chi connectivity index (χ1) is 10.1. The third-order valence-corrected chi connectivity index (χ3v) is 3.83. The molecule has 0 atom stereocenters. The monoisotopic (exact) mass is 291 g/mol. The molecule has 6 heteroatoms. The van der Waals surface area contributed by atoms with Gasteiger partial charge in [0.1, 0.15) is 0 Å². The number of hydrogen-bond donors (Lipinski definition) is 3. The topological polar surface area (TPSA) is 91.3 Å². The average Bonchev–Trinajstić information content (AvgIpc) is 2.49. The number of nitrogens with zero attached hydrogens (tertiary/aromatic N) is 1. The van der Waals surface area contributed by atoms with Crippen molar-refractivity contribution in [1.29, 1.82) is 0 Å². The van der Waals surface area contributed by atoms with Crippen molar-refractivity contribution in [2.75, 3.05) is 6.54 Å². The van der Waals surface area contributed by atoms with Crippen LogP contribution in [0.15, 0.2) is 24.5 Å². The van der Waals surface area contributed by atoms with Crippen molar-refractivity contribution in [1.82, 2.24) is 15.6 Å². The van der Waals surface area contributed by atoms with E-state index in [4.69, 9.17) is 5.11 Å². The summed E-state index contributed by atoms with van der Waals surface area (Å²) in [6.45, 7) is 0.558. The van der Waals surface area contributed by atoms with Gasteiger partial charge in [-0.3, -0.25) is 9.78 Å². The molecular weight excluding hydrogens is 270 g/mol. The van der Waals surface area contributed by atoms with Gasteiger partial charge in [0.25, 0.3) is 0 Å². The molecule has 0 unspecified atom stereocenters. The minimum atomic E-state index is -0.727. The van der Waals surface area contributed by atoms with Gasteiger partial charge in [0, 0.05) is 25.0 Å². The largest absolute Gasteiger partial charge is 0.481 e. The highest BCUT2D eigenvalue weighted by Crippen LogP contribution is 2.24. The van der Waals surface area contributed by atoms with Crippen LogP contribution in [0.5, 0.6) is 0 Å². The molecule has 1 fully saturated rings. The van der Waals surface area contributed by atoms with Crippen molar-refractivity contribution in [3.8, 4) is 0 Å². The van der Waals surface area contributed by atoms with Crippen LogP contribution in [0.4, 0.5) is 4.79 Å². The first-order valence-corrected chi connectivity index (χ1v) is 7.31. The third kappa shape index (κ3) is 5.06. The van der Waals surface area contributed by atoms with Crippen molar-refractivity contribution < 1.29 is 14.7 Å². The first kappa shape index (κ1) is 15.3. The Kier molecular flexibility index (Phi) is 5.54. The lowest BCUT2D eigenvalue weighted by Gasteiger charge is -2.26. The van der Waals surface area contributed by atoms with E-state index in [9.17, 15) is 9.59 Å². The van der Waals surface area contributed by atoms with E-state index < -0.39 is 5.97 Å². The Morgan fingerprint density at radius 1 is 1.29 bits per heavy atom. The number of carboxylic acid groups (broad SMARTS) is 1. The molecule has 0 bridgehead atoms. The Hall–Kier alpha value is -2.11. The number of nitrogens with one attached hydrogen (secondary N) is 2. The molecule has 114 valence electrons. The zero-order valence-electron chi connectivity index (χ0n) is 11.9. The van der Waals surface area contributed by atoms with E-state index in [0.717, 1.165) is 24.8 Å². The van der Waals surface area contributed by atoms with Crippen LogP contribution >= 0.6 is 0 Å². The number of urea groups is 1. The number of rotatable bonds is 5. The molecule has 2 rings (SSSR count). The molecule has 0 aliphatic heterocycles. The Morgan fingerprint density at radius 2 is 2.05 bits per heavy atom. The zero-order valence-corrected chi connectivity index (χ0v) is 11.9. The molecule has 0 saturated heterocycles. The fourth-order valence-electron chi connectivity index (χ4n) is 2.59. The van der Waals surface area contributed by atoms with Gasteiger partial charge in [0.05, 0.1) is 5.92 Å². The van der Waals surface area contributed by atoms with Gasteiger partial charge in [-0.2, -0.15) is 0 Å². The van der Waals surface area contributed by atoms with Crippen LogP contribution in [0.25, 0.3) is 0 Å². The van der Waals surface area contributed by atoms with Gasteiger partial charge in [-0.15, -0.1) is 0 Å². The van der Waals surface area contributed by atoms with Crippen LogP contribution in [-0.4, -0.2) is 34.7 Å². The molecule has 1 aromatic heterocycles. The summed E-state index contributed by atoms with van der Waals surface area (Å²) < 4.78 is 0. The maximum atomic E-state index is 11.8. The predicted molar refractivity (Wildman–Crippen MR) is 77.9 cm³/mol. The van der Waals surface area contributed by atoms with Crippen LogP contribution < -0.4 is 10.6 Å². The highest BCUT2D eigenvalue weighted by molar-refractivity contribution is 5.74. The third-order valence-electron chi connectivity index (χ3n) is 3.83. The summed E-state index contributed by atoms with van der Waals surface area (Å²) in [7, 11) is 0.